The average molecular weight is 324 g/mol. The Morgan fingerprint density at radius 2 is 2.52 bits per heavy atom. The van der Waals surface area contributed by atoms with E-state index in [9.17, 15) is 0 Å². The Labute approximate surface area is 133 Å². The van der Waals surface area contributed by atoms with Crippen molar-refractivity contribution in [3.63, 3.8) is 0 Å². The number of hydrogen-bond donors (Lipinski definition) is 1. The summed E-state index contributed by atoms with van der Waals surface area (Å²) in [7, 11) is 0. The van der Waals surface area contributed by atoms with Crippen LogP contribution in [0, 0.1) is 0 Å². The fraction of sp³-hybridized carbons (Fsp3) is 0.571. The average Bonchev–Trinajstić information content (AvgIpc) is 3.14. The van der Waals surface area contributed by atoms with Crippen molar-refractivity contribution < 1.29 is 4.74 Å². The first kappa shape index (κ1) is 15.0. The molecule has 1 N–H and O–H groups in total. The van der Waals surface area contributed by atoms with E-state index in [1.165, 1.54) is 4.88 Å². The second-order valence-corrected chi connectivity index (χ2v) is 7.22. The third-order valence-corrected chi connectivity index (χ3v) is 5.25. The summed E-state index contributed by atoms with van der Waals surface area (Å²) in [5.41, 5.74) is 0. The summed E-state index contributed by atoms with van der Waals surface area (Å²) in [6, 6.07) is 4.70. The second kappa shape index (κ2) is 7.40. The molecule has 0 unspecified atom stereocenters. The molecule has 0 aromatic carbocycles. The van der Waals surface area contributed by atoms with Crippen LogP contribution in [0.25, 0.3) is 0 Å². The van der Waals surface area contributed by atoms with Crippen LogP contribution in [0.15, 0.2) is 22.7 Å². The molecule has 3 heterocycles. The summed E-state index contributed by atoms with van der Waals surface area (Å²) in [5.74, 6) is 1.96. The van der Waals surface area contributed by atoms with Gasteiger partial charge in [0.1, 0.15) is 5.82 Å². The van der Waals surface area contributed by atoms with Gasteiger partial charge in [-0.15, -0.1) is 16.4 Å². The number of hydrogen-bond acceptors (Lipinski definition) is 6. The zero-order chi connectivity index (χ0) is 14.5. The fourth-order valence-corrected chi connectivity index (χ4v) is 3.85. The van der Waals surface area contributed by atoms with Gasteiger partial charge < -0.3 is 4.74 Å². The molecule has 2 aromatic heterocycles. The van der Waals surface area contributed by atoms with Crippen molar-refractivity contribution in [2.75, 3.05) is 32.1 Å². The lowest BCUT2D eigenvalue weighted by Gasteiger charge is -2.32. The van der Waals surface area contributed by atoms with Crippen molar-refractivity contribution >= 4 is 23.1 Å². The molecule has 0 radical (unpaired) electrons. The van der Waals surface area contributed by atoms with Crippen molar-refractivity contribution in [2.45, 2.75) is 24.5 Å². The quantitative estimate of drug-likeness (QED) is 0.826. The molecule has 1 fully saturated rings. The molecule has 0 saturated carbocycles. The summed E-state index contributed by atoms with van der Waals surface area (Å²) in [5, 5.41) is 10.3. The number of thiophene rings is 1. The lowest BCUT2D eigenvalue weighted by atomic mass is 10.2. The number of nitrogens with zero attached hydrogens (tertiary/aromatic N) is 3. The molecule has 21 heavy (non-hydrogen) atoms. The molecule has 1 aliphatic rings. The highest BCUT2D eigenvalue weighted by Gasteiger charge is 2.18. The molecule has 7 heteroatoms. The molecule has 0 spiro atoms. The molecule has 3 rings (SSSR count). The summed E-state index contributed by atoms with van der Waals surface area (Å²) >= 11 is 3.47. The molecule has 5 nitrogen and oxygen atoms in total. The van der Waals surface area contributed by atoms with Crippen molar-refractivity contribution in [1.82, 2.24) is 20.1 Å². The Balaban J connectivity index is 1.44. The highest BCUT2D eigenvalue weighted by molar-refractivity contribution is 7.99. The van der Waals surface area contributed by atoms with E-state index in [0.717, 1.165) is 49.5 Å². The zero-order valence-electron chi connectivity index (χ0n) is 12.1. The van der Waals surface area contributed by atoms with Gasteiger partial charge in [0.25, 0.3) is 0 Å². The monoisotopic (exact) mass is 324 g/mol. The summed E-state index contributed by atoms with van der Waals surface area (Å²) in [6.07, 6.45) is 0.839. The maximum atomic E-state index is 5.45. The summed E-state index contributed by atoms with van der Waals surface area (Å²) < 4.78 is 5.45. The number of H-pyrrole nitrogens is 1. The van der Waals surface area contributed by atoms with Crippen LogP contribution in [-0.2, 0) is 11.2 Å². The predicted molar refractivity (Wildman–Crippen MR) is 86.1 cm³/mol. The van der Waals surface area contributed by atoms with Crippen LogP contribution in [-0.4, -0.2) is 58.2 Å². The largest absolute Gasteiger partial charge is 0.379 e. The Morgan fingerprint density at radius 3 is 3.33 bits per heavy atom. The highest BCUT2D eigenvalue weighted by atomic mass is 32.2. The predicted octanol–water partition coefficient (Wildman–Crippen LogP) is 2.27. The molecule has 1 saturated heterocycles. The third kappa shape index (κ3) is 4.29. The maximum absolute atomic E-state index is 5.45. The minimum Gasteiger partial charge on any atom is -0.379 e. The van der Waals surface area contributed by atoms with Crippen molar-refractivity contribution in [3.05, 3.63) is 28.2 Å². The van der Waals surface area contributed by atoms with Crippen molar-refractivity contribution in [1.29, 1.82) is 0 Å². The Hall–Kier alpha value is -0.890. The molecule has 1 atom stereocenters. The Kier molecular flexibility index (Phi) is 5.29. The third-order valence-electron chi connectivity index (χ3n) is 3.55. The van der Waals surface area contributed by atoms with Gasteiger partial charge in [0.15, 0.2) is 0 Å². The molecular weight excluding hydrogens is 304 g/mol. The highest BCUT2D eigenvalue weighted by Crippen LogP contribution is 2.17. The Morgan fingerprint density at radius 1 is 1.57 bits per heavy atom. The van der Waals surface area contributed by atoms with Gasteiger partial charge in [-0.1, -0.05) is 17.8 Å². The number of nitrogens with one attached hydrogen (secondary N) is 1. The van der Waals surface area contributed by atoms with E-state index in [2.05, 4.69) is 44.5 Å². The van der Waals surface area contributed by atoms with Gasteiger partial charge in [0.05, 0.1) is 13.2 Å². The van der Waals surface area contributed by atoms with Crippen molar-refractivity contribution in [3.8, 4) is 0 Å². The van der Waals surface area contributed by atoms with Crippen LogP contribution in [0.4, 0.5) is 0 Å². The van der Waals surface area contributed by atoms with E-state index in [-0.39, 0.29) is 0 Å². The minimum atomic E-state index is 0.515. The van der Waals surface area contributed by atoms with Gasteiger partial charge in [-0.05, 0) is 18.4 Å². The van der Waals surface area contributed by atoms with Crippen LogP contribution in [0.5, 0.6) is 0 Å². The molecule has 0 bridgehead atoms. The van der Waals surface area contributed by atoms with Crippen LogP contribution >= 0.6 is 23.1 Å². The van der Waals surface area contributed by atoms with Gasteiger partial charge in [-0.25, -0.2) is 4.98 Å². The fourth-order valence-electron chi connectivity index (χ4n) is 2.35. The number of thioether (sulfide) groups is 1. The standard InChI is InChI=1S/C14H20N4OS2/c1-11-10-19-6-4-18(11)5-8-21-14-15-13(16-17-14)9-12-3-2-7-20-12/h2-3,7,11H,4-6,8-10H2,1H3,(H,15,16,17)/t11-/m1/s1. The van der Waals surface area contributed by atoms with Crippen molar-refractivity contribution in [2.24, 2.45) is 0 Å². The molecule has 0 aliphatic carbocycles. The number of aromatic nitrogens is 3. The van der Waals surface area contributed by atoms with Gasteiger partial charge in [0.2, 0.25) is 5.16 Å². The van der Waals surface area contributed by atoms with Crippen LogP contribution in [0.1, 0.15) is 17.6 Å². The number of aromatic amines is 1. The summed E-state index contributed by atoms with van der Waals surface area (Å²) in [6.45, 7) is 6.00. The van der Waals surface area contributed by atoms with E-state index in [4.69, 9.17) is 4.74 Å². The SMILES string of the molecule is C[C@@H]1COCCN1CCSc1n[nH]c(Cc2cccs2)n1. The lowest BCUT2D eigenvalue weighted by molar-refractivity contribution is 0.00298. The van der Waals surface area contributed by atoms with E-state index < -0.39 is 0 Å². The second-order valence-electron chi connectivity index (χ2n) is 5.13. The molecule has 0 amide bonds. The summed E-state index contributed by atoms with van der Waals surface area (Å²) in [4.78, 5) is 8.32. The van der Waals surface area contributed by atoms with E-state index in [0.29, 0.717) is 6.04 Å². The van der Waals surface area contributed by atoms with Gasteiger partial charge >= 0.3 is 0 Å². The smallest absolute Gasteiger partial charge is 0.208 e. The van der Waals surface area contributed by atoms with Gasteiger partial charge in [-0.3, -0.25) is 10.00 Å². The van der Waals surface area contributed by atoms with E-state index in [1.807, 2.05) is 0 Å². The topological polar surface area (TPSA) is 54.0 Å². The number of ether oxygens (including phenoxy) is 1. The molecule has 2 aromatic rings. The molecule has 1 aliphatic heterocycles. The maximum Gasteiger partial charge on any atom is 0.208 e. The van der Waals surface area contributed by atoms with Gasteiger partial charge in [0, 0.05) is 36.2 Å². The minimum absolute atomic E-state index is 0.515. The number of morpholine rings is 1. The van der Waals surface area contributed by atoms with E-state index >= 15 is 0 Å². The zero-order valence-corrected chi connectivity index (χ0v) is 13.8. The first-order valence-electron chi connectivity index (χ1n) is 7.19. The first-order valence-corrected chi connectivity index (χ1v) is 9.06. The molecule has 114 valence electrons. The van der Waals surface area contributed by atoms with Crippen LogP contribution in [0.2, 0.25) is 0 Å². The van der Waals surface area contributed by atoms with E-state index in [1.54, 1.807) is 23.1 Å². The van der Waals surface area contributed by atoms with Crippen LogP contribution in [0.3, 0.4) is 0 Å². The van der Waals surface area contributed by atoms with Crippen LogP contribution < -0.4 is 0 Å². The Bertz CT molecular complexity index is 543. The lowest BCUT2D eigenvalue weighted by Crippen LogP contribution is -2.44. The number of rotatable bonds is 6. The molecular formula is C14H20N4OS2. The first-order chi connectivity index (χ1) is 10.3. The normalized spacial score (nSPS) is 20.0. The van der Waals surface area contributed by atoms with Gasteiger partial charge in [-0.2, -0.15) is 0 Å².